The van der Waals surface area contributed by atoms with E-state index < -0.39 is 41.0 Å². The minimum Gasteiger partial charge on any atom is -0.466 e. The van der Waals surface area contributed by atoms with Crippen LogP contribution in [0.2, 0.25) is 0 Å². The zero-order valence-electron chi connectivity index (χ0n) is 12.2. The molecule has 2 rings (SSSR count). The predicted molar refractivity (Wildman–Crippen MR) is 65.5 cm³/mol. The van der Waals surface area contributed by atoms with E-state index in [0.717, 1.165) is 0 Å². The van der Waals surface area contributed by atoms with E-state index >= 15 is 0 Å². The summed E-state index contributed by atoms with van der Waals surface area (Å²) in [6.07, 6.45) is 0.276. The summed E-state index contributed by atoms with van der Waals surface area (Å²) >= 11 is 4.04. The van der Waals surface area contributed by atoms with Gasteiger partial charge >= 0.3 is 29.1 Å². The van der Waals surface area contributed by atoms with Crippen molar-refractivity contribution < 1.29 is 45.1 Å². The molecule has 2 heterocycles. The molecule has 0 N–H and O–H groups in total. The molecule has 2 fully saturated rings. The summed E-state index contributed by atoms with van der Waals surface area (Å²) in [6, 6.07) is -1.33. The first-order chi connectivity index (χ1) is 10.8. The molecule has 140 valence electrons. The summed E-state index contributed by atoms with van der Waals surface area (Å²) in [5, 5.41) is -5.19. The van der Waals surface area contributed by atoms with E-state index in [0.29, 0.717) is 11.5 Å². The second kappa shape index (κ2) is 5.87. The Hall–Kier alpha value is -0.810. The molecule has 2 saturated heterocycles. The van der Waals surface area contributed by atoms with Gasteiger partial charge in [-0.15, -0.1) is 0 Å². The zero-order valence-corrected chi connectivity index (χ0v) is 12.9. The first-order valence-electron chi connectivity index (χ1n) is 6.95. The smallest absolute Gasteiger partial charge is 0.392 e. The molecule has 24 heavy (non-hydrogen) atoms. The van der Waals surface area contributed by atoms with Crippen LogP contribution < -0.4 is 0 Å². The number of carbonyl (C=O) groups is 1. The molecule has 3 atom stereocenters. The topological polar surface area (TPSA) is 38.8 Å². The fourth-order valence-corrected chi connectivity index (χ4v) is 2.99. The maximum absolute atomic E-state index is 14.9. The van der Waals surface area contributed by atoms with Crippen molar-refractivity contribution in [3.05, 3.63) is 0 Å². The summed E-state index contributed by atoms with van der Waals surface area (Å²) in [5.74, 6) is -21.3. The molecule has 0 spiro atoms. The van der Waals surface area contributed by atoms with Crippen molar-refractivity contribution in [1.29, 1.82) is 0 Å². The molecule has 0 aliphatic carbocycles. The van der Waals surface area contributed by atoms with Gasteiger partial charge in [-0.2, -0.15) is 31.4 Å². The van der Waals surface area contributed by atoms with E-state index in [1.54, 1.807) is 0 Å². The summed E-state index contributed by atoms with van der Waals surface area (Å²) in [4.78, 5) is 16.1. The molecule has 0 amide bonds. The first kappa shape index (κ1) is 19.5. The molecule has 0 aromatic heterocycles. The molecule has 0 aromatic carbocycles. The summed E-state index contributed by atoms with van der Waals surface area (Å²) in [6.45, 7) is 0.788. The second-order valence-electron chi connectivity index (χ2n) is 5.46. The lowest BCUT2D eigenvalue weighted by molar-refractivity contribution is -0.402. The Morgan fingerprint density at radius 2 is 1.92 bits per heavy atom. The Morgan fingerprint density at radius 1 is 1.33 bits per heavy atom. The standard InChI is InChI=1S/C12H13ClF7NO3/c1-2-23-8(22)7-6-4-3-5-21(6)24-9(7,14)10(15,16)11(17,18)12(13,19)20/h6-7H,2-5H2,1H3/t6-,7+,9-/m1/s1. The monoisotopic (exact) mass is 387 g/mol. The highest BCUT2D eigenvalue weighted by molar-refractivity contribution is 6.22. The molecule has 2 aliphatic heterocycles. The van der Waals surface area contributed by atoms with Crippen LogP contribution in [0.1, 0.15) is 19.8 Å². The molecule has 0 unspecified atom stereocenters. The van der Waals surface area contributed by atoms with Crippen LogP contribution in [0.4, 0.5) is 30.7 Å². The summed E-state index contributed by atoms with van der Waals surface area (Å²) < 4.78 is 100. The van der Waals surface area contributed by atoms with E-state index in [1.807, 2.05) is 0 Å². The van der Waals surface area contributed by atoms with Gasteiger partial charge in [-0.25, -0.2) is 4.39 Å². The van der Waals surface area contributed by atoms with Gasteiger partial charge in [0.05, 0.1) is 12.6 Å². The lowest BCUT2D eigenvalue weighted by atomic mass is 9.85. The van der Waals surface area contributed by atoms with Crippen LogP contribution in [-0.2, 0) is 14.4 Å². The maximum atomic E-state index is 14.9. The predicted octanol–water partition coefficient (Wildman–Crippen LogP) is 3.34. The molecule has 0 saturated carbocycles. The van der Waals surface area contributed by atoms with E-state index in [-0.39, 0.29) is 19.6 Å². The highest BCUT2D eigenvalue weighted by Crippen LogP contribution is 2.59. The number of esters is 1. The summed E-state index contributed by atoms with van der Waals surface area (Å²) in [5.41, 5.74) is 0. The minimum atomic E-state index is -6.32. The second-order valence-corrected chi connectivity index (χ2v) is 5.94. The molecular weight excluding hydrogens is 375 g/mol. The number of nitrogens with zero attached hydrogens (tertiary/aromatic N) is 1. The van der Waals surface area contributed by atoms with Crippen molar-refractivity contribution in [1.82, 2.24) is 5.06 Å². The van der Waals surface area contributed by atoms with Crippen LogP contribution >= 0.6 is 11.6 Å². The van der Waals surface area contributed by atoms with Crippen LogP contribution in [0.15, 0.2) is 0 Å². The number of halogens is 8. The van der Waals surface area contributed by atoms with Crippen LogP contribution in [-0.4, -0.2) is 53.3 Å². The molecule has 0 aromatic rings. The van der Waals surface area contributed by atoms with Gasteiger partial charge < -0.3 is 4.74 Å². The lowest BCUT2D eigenvalue weighted by Gasteiger charge is -2.38. The SMILES string of the molecule is CCOC(=O)[C@@H]1[C@H]2CCCN2O[C@@]1(F)C(F)(F)C(F)(F)C(F)(F)Cl. The number of carbonyl (C=O) groups excluding carboxylic acids is 1. The van der Waals surface area contributed by atoms with E-state index in [9.17, 15) is 35.5 Å². The number of fused-ring (bicyclic) bond motifs is 1. The average Bonchev–Trinajstić information content (AvgIpc) is 2.95. The molecule has 4 nitrogen and oxygen atoms in total. The van der Waals surface area contributed by atoms with Crippen LogP contribution in [0.25, 0.3) is 0 Å². The zero-order chi connectivity index (χ0) is 18.6. The van der Waals surface area contributed by atoms with E-state index in [1.165, 1.54) is 6.92 Å². The van der Waals surface area contributed by atoms with Crippen molar-refractivity contribution in [2.24, 2.45) is 5.92 Å². The number of ether oxygens (including phenoxy) is 1. The summed E-state index contributed by atoms with van der Waals surface area (Å²) in [7, 11) is 0. The number of rotatable bonds is 5. The Labute approximate surface area is 136 Å². The number of hydroxylamine groups is 2. The molecule has 12 heteroatoms. The fraction of sp³-hybridized carbons (Fsp3) is 0.917. The van der Waals surface area contributed by atoms with Gasteiger partial charge in [0.2, 0.25) is 0 Å². The van der Waals surface area contributed by atoms with Gasteiger partial charge in [0.1, 0.15) is 5.92 Å². The number of alkyl halides is 8. The quantitative estimate of drug-likeness (QED) is 0.412. The Morgan fingerprint density at radius 3 is 2.42 bits per heavy atom. The fourth-order valence-electron chi connectivity index (χ4n) is 2.87. The normalized spacial score (nSPS) is 32.0. The van der Waals surface area contributed by atoms with Crippen molar-refractivity contribution >= 4 is 17.6 Å². The van der Waals surface area contributed by atoms with E-state index in [4.69, 9.17) is 0 Å². The van der Waals surface area contributed by atoms with Crippen molar-refractivity contribution in [3.63, 3.8) is 0 Å². The molecule has 0 bridgehead atoms. The van der Waals surface area contributed by atoms with Gasteiger partial charge in [-0.3, -0.25) is 9.63 Å². The minimum absolute atomic E-state index is 0.0337. The third kappa shape index (κ3) is 2.55. The Balaban J connectivity index is 2.50. The van der Waals surface area contributed by atoms with Crippen molar-refractivity contribution in [2.45, 2.75) is 48.9 Å². The van der Waals surface area contributed by atoms with Crippen molar-refractivity contribution in [2.75, 3.05) is 13.2 Å². The highest BCUT2D eigenvalue weighted by Gasteiger charge is 2.85. The van der Waals surface area contributed by atoms with Crippen LogP contribution in [0.5, 0.6) is 0 Å². The number of hydrogen-bond donors (Lipinski definition) is 0. The third-order valence-corrected chi connectivity index (χ3v) is 4.24. The largest absolute Gasteiger partial charge is 0.466 e. The Bertz CT molecular complexity index is 515. The first-order valence-corrected chi connectivity index (χ1v) is 7.32. The molecule has 0 radical (unpaired) electrons. The maximum Gasteiger partial charge on any atom is 0.392 e. The van der Waals surface area contributed by atoms with Crippen molar-refractivity contribution in [3.8, 4) is 0 Å². The van der Waals surface area contributed by atoms with E-state index in [2.05, 4.69) is 21.2 Å². The average molecular weight is 388 g/mol. The van der Waals surface area contributed by atoms with Crippen LogP contribution in [0.3, 0.4) is 0 Å². The van der Waals surface area contributed by atoms with Gasteiger partial charge in [0.25, 0.3) is 0 Å². The van der Waals surface area contributed by atoms with Gasteiger partial charge in [-0.05, 0) is 31.4 Å². The molecular formula is C12H13ClF7NO3. The van der Waals surface area contributed by atoms with Gasteiger partial charge in [0, 0.05) is 6.54 Å². The molecule has 2 aliphatic rings. The Kier molecular flexibility index (Phi) is 4.77. The highest BCUT2D eigenvalue weighted by atomic mass is 35.5. The third-order valence-electron chi connectivity index (χ3n) is 4.00. The van der Waals surface area contributed by atoms with Gasteiger partial charge in [-0.1, -0.05) is 0 Å². The lowest BCUT2D eigenvalue weighted by Crippen LogP contribution is -2.65. The van der Waals surface area contributed by atoms with Crippen LogP contribution in [0, 0.1) is 5.92 Å². The van der Waals surface area contributed by atoms with Gasteiger partial charge in [0.15, 0.2) is 0 Å². The number of hydrogen-bond acceptors (Lipinski definition) is 4.